The van der Waals surface area contributed by atoms with Gasteiger partial charge in [0.15, 0.2) is 0 Å². The van der Waals surface area contributed by atoms with Gasteiger partial charge in [0.1, 0.15) is 11.5 Å². The van der Waals surface area contributed by atoms with Crippen molar-refractivity contribution in [1.82, 2.24) is 15.2 Å². The van der Waals surface area contributed by atoms with E-state index in [9.17, 15) is 0 Å². The Morgan fingerprint density at radius 2 is 1.94 bits per heavy atom. The minimum absolute atomic E-state index is 0.525. The third-order valence-electron chi connectivity index (χ3n) is 2.31. The summed E-state index contributed by atoms with van der Waals surface area (Å²) < 4.78 is 5.42. The third-order valence-corrected chi connectivity index (χ3v) is 2.31. The van der Waals surface area contributed by atoms with Crippen LogP contribution in [0.5, 0.6) is 0 Å². The Hall–Kier alpha value is -1.91. The normalized spacial score (nSPS) is 10.4. The van der Waals surface area contributed by atoms with E-state index < -0.39 is 0 Å². The fraction of sp³-hybridized carbons (Fsp3) is 0.364. The average Bonchev–Trinajstić information content (AvgIpc) is 2.66. The summed E-state index contributed by atoms with van der Waals surface area (Å²) in [4.78, 5) is 4.27. The molecular weight excluding hydrogens is 204 g/mol. The summed E-state index contributed by atoms with van der Waals surface area (Å²) in [5, 5.41) is 11.0. The van der Waals surface area contributed by atoms with Crippen LogP contribution in [0.1, 0.15) is 22.9 Å². The Bertz CT molecular complexity index is 492. The van der Waals surface area contributed by atoms with Crippen molar-refractivity contribution in [3.8, 4) is 0 Å². The molecule has 0 aliphatic carbocycles. The lowest BCUT2D eigenvalue weighted by Crippen LogP contribution is -2.06. The second kappa shape index (κ2) is 4.30. The van der Waals surface area contributed by atoms with Gasteiger partial charge in [0, 0.05) is 0 Å². The minimum atomic E-state index is 0.525. The smallest absolute Gasteiger partial charge is 0.243 e. The van der Waals surface area contributed by atoms with Crippen LogP contribution in [0.4, 0.5) is 5.95 Å². The van der Waals surface area contributed by atoms with E-state index in [1.807, 2.05) is 32.9 Å². The number of aryl methyl sites for hydroxylation is 3. The zero-order valence-electron chi connectivity index (χ0n) is 9.61. The van der Waals surface area contributed by atoms with Crippen LogP contribution < -0.4 is 5.32 Å². The van der Waals surface area contributed by atoms with Gasteiger partial charge in [0.2, 0.25) is 5.95 Å². The molecule has 0 radical (unpaired) electrons. The molecule has 2 rings (SSSR count). The molecule has 0 unspecified atom stereocenters. The zero-order valence-corrected chi connectivity index (χ0v) is 9.61. The molecule has 0 saturated carbocycles. The van der Waals surface area contributed by atoms with Crippen LogP contribution in [-0.2, 0) is 6.54 Å². The van der Waals surface area contributed by atoms with Gasteiger partial charge in [0.25, 0.3) is 0 Å². The fourth-order valence-electron chi connectivity index (χ4n) is 1.28. The maximum absolute atomic E-state index is 5.42. The molecule has 2 heterocycles. The Labute approximate surface area is 93.9 Å². The summed E-state index contributed by atoms with van der Waals surface area (Å²) >= 11 is 0. The van der Waals surface area contributed by atoms with Crippen molar-refractivity contribution >= 4 is 5.95 Å². The van der Waals surface area contributed by atoms with Gasteiger partial charge >= 0.3 is 0 Å². The zero-order chi connectivity index (χ0) is 11.5. The van der Waals surface area contributed by atoms with Gasteiger partial charge in [-0.1, -0.05) is 0 Å². The van der Waals surface area contributed by atoms with Crippen molar-refractivity contribution in [3.63, 3.8) is 0 Å². The molecule has 84 valence electrons. The summed E-state index contributed by atoms with van der Waals surface area (Å²) in [5.41, 5.74) is 1.73. The number of nitrogens with zero attached hydrogens (tertiary/aromatic N) is 3. The van der Waals surface area contributed by atoms with Crippen LogP contribution in [0.2, 0.25) is 0 Å². The second-order valence-electron chi connectivity index (χ2n) is 3.67. The summed E-state index contributed by atoms with van der Waals surface area (Å²) in [6, 6.07) is 3.85. The molecular formula is C11H14N4O. The molecule has 16 heavy (non-hydrogen) atoms. The van der Waals surface area contributed by atoms with Crippen LogP contribution in [-0.4, -0.2) is 15.2 Å². The number of rotatable bonds is 3. The van der Waals surface area contributed by atoms with Gasteiger partial charge in [-0.05, 0) is 32.9 Å². The fourth-order valence-corrected chi connectivity index (χ4v) is 1.28. The SMILES string of the molecule is Cc1ccc(CNc2nnc(C)c(C)n2)o1. The Morgan fingerprint density at radius 1 is 1.12 bits per heavy atom. The van der Waals surface area contributed by atoms with E-state index in [1.54, 1.807) is 0 Å². The molecule has 2 aromatic heterocycles. The topological polar surface area (TPSA) is 63.8 Å². The van der Waals surface area contributed by atoms with Gasteiger partial charge in [-0.15, -0.1) is 5.10 Å². The highest BCUT2D eigenvalue weighted by molar-refractivity contribution is 5.25. The lowest BCUT2D eigenvalue weighted by molar-refractivity contribution is 0.490. The highest BCUT2D eigenvalue weighted by atomic mass is 16.3. The lowest BCUT2D eigenvalue weighted by atomic mass is 10.4. The van der Waals surface area contributed by atoms with Crippen LogP contribution in [0.25, 0.3) is 0 Å². The van der Waals surface area contributed by atoms with Crippen molar-refractivity contribution in [2.45, 2.75) is 27.3 Å². The average molecular weight is 218 g/mol. The van der Waals surface area contributed by atoms with Crippen molar-refractivity contribution in [3.05, 3.63) is 35.0 Å². The van der Waals surface area contributed by atoms with E-state index in [0.29, 0.717) is 12.5 Å². The summed E-state index contributed by atoms with van der Waals surface area (Å²) in [5.74, 6) is 2.28. The quantitative estimate of drug-likeness (QED) is 0.853. The maximum atomic E-state index is 5.42. The van der Waals surface area contributed by atoms with Gasteiger partial charge in [-0.25, -0.2) is 4.98 Å². The Balaban J connectivity index is 2.02. The molecule has 0 bridgehead atoms. The lowest BCUT2D eigenvalue weighted by Gasteiger charge is -2.03. The molecule has 0 aliphatic heterocycles. The van der Waals surface area contributed by atoms with E-state index in [4.69, 9.17) is 4.42 Å². The first-order valence-electron chi connectivity index (χ1n) is 5.12. The van der Waals surface area contributed by atoms with E-state index in [2.05, 4.69) is 20.5 Å². The van der Waals surface area contributed by atoms with Crippen LogP contribution in [0.15, 0.2) is 16.5 Å². The van der Waals surface area contributed by atoms with Gasteiger partial charge in [0.05, 0.1) is 17.9 Å². The predicted molar refractivity (Wildman–Crippen MR) is 60.1 cm³/mol. The number of nitrogens with one attached hydrogen (secondary N) is 1. The van der Waals surface area contributed by atoms with E-state index >= 15 is 0 Å². The summed E-state index contributed by atoms with van der Waals surface area (Å²) in [6.45, 7) is 6.27. The molecule has 0 aromatic carbocycles. The largest absolute Gasteiger partial charge is 0.465 e. The van der Waals surface area contributed by atoms with Crippen molar-refractivity contribution in [1.29, 1.82) is 0 Å². The molecule has 5 nitrogen and oxygen atoms in total. The number of aromatic nitrogens is 3. The van der Waals surface area contributed by atoms with Gasteiger partial charge in [-0.2, -0.15) is 5.10 Å². The molecule has 1 N–H and O–H groups in total. The number of anilines is 1. The predicted octanol–water partition coefficient (Wildman–Crippen LogP) is 2.00. The monoisotopic (exact) mass is 218 g/mol. The summed E-state index contributed by atoms with van der Waals surface area (Å²) in [6.07, 6.45) is 0. The Morgan fingerprint density at radius 3 is 2.56 bits per heavy atom. The Kier molecular flexibility index (Phi) is 2.85. The molecule has 0 saturated heterocycles. The van der Waals surface area contributed by atoms with Gasteiger partial charge < -0.3 is 9.73 Å². The number of furan rings is 1. The molecule has 5 heteroatoms. The second-order valence-corrected chi connectivity index (χ2v) is 3.67. The van der Waals surface area contributed by atoms with E-state index in [1.165, 1.54) is 0 Å². The van der Waals surface area contributed by atoms with Crippen molar-refractivity contribution in [2.75, 3.05) is 5.32 Å². The molecule has 0 aliphatic rings. The molecule has 0 atom stereocenters. The van der Waals surface area contributed by atoms with Gasteiger partial charge in [-0.3, -0.25) is 0 Å². The van der Waals surface area contributed by atoms with E-state index in [0.717, 1.165) is 22.9 Å². The van der Waals surface area contributed by atoms with Crippen LogP contribution in [0.3, 0.4) is 0 Å². The first kappa shape index (κ1) is 10.6. The minimum Gasteiger partial charge on any atom is -0.465 e. The van der Waals surface area contributed by atoms with E-state index in [-0.39, 0.29) is 0 Å². The molecule has 0 amide bonds. The van der Waals surface area contributed by atoms with Crippen molar-refractivity contribution < 1.29 is 4.42 Å². The van der Waals surface area contributed by atoms with Crippen LogP contribution in [0, 0.1) is 20.8 Å². The number of hydrogen-bond acceptors (Lipinski definition) is 5. The first-order chi connectivity index (χ1) is 7.65. The first-order valence-corrected chi connectivity index (χ1v) is 5.12. The summed E-state index contributed by atoms with van der Waals surface area (Å²) in [7, 11) is 0. The highest BCUT2D eigenvalue weighted by Crippen LogP contribution is 2.08. The molecule has 2 aromatic rings. The highest BCUT2D eigenvalue weighted by Gasteiger charge is 2.02. The third kappa shape index (κ3) is 2.36. The maximum Gasteiger partial charge on any atom is 0.243 e. The van der Waals surface area contributed by atoms with Crippen molar-refractivity contribution in [2.24, 2.45) is 0 Å². The molecule has 0 spiro atoms. The number of hydrogen-bond donors (Lipinski definition) is 1. The molecule has 0 fully saturated rings. The standard InChI is InChI=1S/C11H14N4O/c1-7-4-5-10(16-7)6-12-11-13-8(2)9(3)14-15-11/h4-5H,6H2,1-3H3,(H,12,13,15). The van der Waals surface area contributed by atoms with Crippen LogP contribution >= 0.6 is 0 Å².